The maximum Gasteiger partial charge on any atom is 0.125 e. The molecule has 20 heavy (non-hydrogen) atoms. The van der Waals surface area contributed by atoms with Crippen LogP contribution in [0, 0.1) is 5.82 Å². The molecular weight excluding hydrogens is 259 g/mol. The molecule has 114 valence electrons. The summed E-state index contributed by atoms with van der Waals surface area (Å²) in [6.07, 6.45) is 0. The van der Waals surface area contributed by atoms with Crippen molar-refractivity contribution < 1.29 is 13.9 Å². The molecule has 0 bridgehead atoms. The highest BCUT2D eigenvalue weighted by atomic mass is 19.1. The highest BCUT2D eigenvalue weighted by Gasteiger charge is 2.09. The summed E-state index contributed by atoms with van der Waals surface area (Å²) < 4.78 is 24.4. The predicted molar refractivity (Wildman–Crippen MR) is 79.5 cm³/mol. The molecule has 0 heterocycles. The maximum absolute atomic E-state index is 13.6. The summed E-state index contributed by atoms with van der Waals surface area (Å²) in [6, 6.07) is 4.91. The lowest BCUT2D eigenvalue weighted by molar-refractivity contribution is 0.141. The molecule has 0 aliphatic heterocycles. The number of halogens is 1. The van der Waals surface area contributed by atoms with E-state index in [1.165, 1.54) is 12.1 Å². The van der Waals surface area contributed by atoms with Gasteiger partial charge in [-0.25, -0.2) is 4.39 Å². The third kappa shape index (κ3) is 5.86. The molecule has 0 radical (unpaired) electrons. The van der Waals surface area contributed by atoms with E-state index in [0.29, 0.717) is 46.1 Å². The smallest absolute Gasteiger partial charge is 0.125 e. The van der Waals surface area contributed by atoms with E-state index >= 15 is 0 Å². The van der Waals surface area contributed by atoms with Gasteiger partial charge in [-0.1, -0.05) is 0 Å². The second kappa shape index (κ2) is 9.69. The molecule has 0 aliphatic carbocycles. The van der Waals surface area contributed by atoms with Crippen molar-refractivity contribution in [2.24, 2.45) is 5.73 Å². The fourth-order valence-electron chi connectivity index (χ4n) is 1.94. The van der Waals surface area contributed by atoms with Crippen molar-refractivity contribution in [3.8, 4) is 0 Å². The summed E-state index contributed by atoms with van der Waals surface area (Å²) in [5.41, 5.74) is 7.21. The zero-order chi connectivity index (χ0) is 14.8. The second-order valence-electron chi connectivity index (χ2n) is 4.40. The number of ether oxygens (including phenoxy) is 2. The molecule has 5 heteroatoms. The van der Waals surface area contributed by atoms with E-state index in [2.05, 4.69) is 4.90 Å². The van der Waals surface area contributed by atoms with Crippen molar-refractivity contribution in [2.75, 3.05) is 44.4 Å². The minimum atomic E-state index is -0.263. The van der Waals surface area contributed by atoms with Crippen LogP contribution >= 0.6 is 0 Å². The highest BCUT2D eigenvalue weighted by Crippen LogP contribution is 2.18. The topological polar surface area (TPSA) is 47.7 Å². The monoisotopic (exact) mass is 284 g/mol. The van der Waals surface area contributed by atoms with Gasteiger partial charge in [0.15, 0.2) is 0 Å². The van der Waals surface area contributed by atoms with Crippen LogP contribution in [0.4, 0.5) is 10.1 Å². The molecule has 0 atom stereocenters. The average Bonchev–Trinajstić information content (AvgIpc) is 2.45. The third-order valence-electron chi connectivity index (χ3n) is 2.96. The Morgan fingerprint density at radius 1 is 1.05 bits per heavy atom. The predicted octanol–water partition coefficient (Wildman–Crippen LogP) is 2.16. The summed E-state index contributed by atoms with van der Waals surface area (Å²) in [5, 5.41) is 0. The molecule has 0 unspecified atom stereocenters. The highest BCUT2D eigenvalue weighted by molar-refractivity contribution is 5.49. The Labute approximate surface area is 120 Å². The van der Waals surface area contributed by atoms with Crippen molar-refractivity contribution >= 4 is 5.69 Å². The van der Waals surface area contributed by atoms with Gasteiger partial charge < -0.3 is 20.1 Å². The van der Waals surface area contributed by atoms with Gasteiger partial charge in [-0.3, -0.25) is 0 Å². The lowest BCUT2D eigenvalue weighted by Gasteiger charge is -2.25. The van der Waals surface area contributed by atoms with E-state index in [1.807, 2.05) is 19.9 Å². The molecule has 0 aliphatic rings. The SMILES string of the molecule is CCOCCN(CCOCC)c1cc(F)cc(CN)c1. The Morgan fingerprint density at radius 2 is 1.65 bits per heavy atom. The molecular formula is C15H25FN2O2. The van der Waals surface area contributed by atoms with Crippen molar-refractivity contribution in [1.82, 2.24) is 0 Å². The quantitative estimate of drug-likeness (QED) is 0.669. The van der Waals surface area contributed by atoms with E-state index in [-0.39, 0.29) is 5.82 Å². The minimum Gasteiger partial charge on any atom is -0.380 e. The molecule has 0 fully saturated rings. The molecule has 4 nitrogen and oxygen atoms in total. The normalized spacial score (nSPS) is 10.8. The lowest BCUT2D eigenvalue weighted by Crippen LogP contribution is -2.31. The number of rotatable bonds is 10. The van der Waals surface area contributed by atoms with Crippen molar-refractivity contribution in [3.05, 3.63) is 29.6 Å². The minimum absolute atomic E-state index is 0.263. The Morgan fingerprint density at radius 3 is 2.15 bits per heavy atom. The molecule has 1 aromatic rings. The number of hydrogen-bond donors (Lipinski definition) is 1. The Hall–Kier alpha value is -1.17. The summed E-state index contributed by atoms with van der Waals surface area (Å²) in [5.74, 6) is -0.263. The summed E-state index contributed by atoms with van der Waals surface area (Å²) in [7, 11) is 0. The standard InChI is InChI=1S/C15H25FN2O2/c1-3-19-7-5-18(6-8-20-4-2)15-10-13(12-17)9-14(16)11-15/h9-11H,3-8,12,17H2,1-2H3. The third-order valence-corrected chi connectivity index (χ3v) is 2.96. The Bertz CT molecular complexity index is 378. The number of anilines is 1. The zero-order valence-corrected chi connectivity index (χ0v) is 12.4. The molecule has 0 spiro atoms. The molecule has 0 aromatic heterocycles. The van der Waals surface area contributed by atoms with Crippen molar-refractivity contribution in [2.45, 2.75) is 20.4 Å². The molecule has 0 saturated heterocycles. The Kier molecular flexibility index (Phi) is 8.18. The van der Waals surface area contributed by atoms with E-state index in [0.717, 1.165) is 11.3 Å². The lowest BCUT2D eigenvalue weighted by atomic mass is 10.1. The van der Waals surface area contributed by atoms with Gasteiger partial charge >= 0.3 is 0 Å². The number of nitrogens with two attached hydrogens (primary N) is 1. The van der Waals surface area contributed by atoms with E-state index in [9.17, 15) is 4.39 Å². The van der Waals surface area contributed by atoms with E-state index in [4.69, 9.17) is 15.2 Å². The van der Waals surface area contributed by atoms with Crippen LogP contribution in [-0.2, 0) is 16.0 Å². The van der Waals surface area contributed by atoms with E-state index < -0.39 is 0 Å². The summed E-state index contributed by atoms with van der Waals surface area (Å²) in [4.78, 5) is 2.06. The van der Waals surface area contributed by atoms with Crippen LogP contribution in [0.25, 0.3) is 0 Å². The van der Waals surface area contributed by atoms with Crippen LogP contribution in [0.5, 0.6) is 0 Å². The Balaban J connectivity index is 2.75. The van der Waals surface area contributed by atoms with Gasteiger partial charge in [0.05, 0.1) is 13.2 Å². The van der Waals surface area contributed by atoms with Gasteiger partial charge in [-0.15, -0.1) is 0 Å². The number of nitrogens with zero attached hydrogens (tertiary/aromatic N) is 1. The van der Waals surface area contributed by atoms with Crippen LogP contribution in [-0.4, -0.2) is 39.5 Å². The van der Waals surface area contributed by atoms with Crippen molar-refractivity contribution in [3.63, 3.8) is 0 Å². The fourth-order valence-corrected chi connectivity index (χ4v) is 1.94. The maximum atomic E-state index is 13.6. The van der Waals surface area contributed by atoms with Gasteiger partial charge in [0, 0.05) is 38.5 Å². The molecule has 1 rings (SSSR count). The summed E-state index contributed by atoms with van der Waals surface area (Å²) >= 11 is 0. The molecule has 0 saturated carbocycles. The first-order chi connectivity index (χ1) is 9.71. The van der Waals surface area contributed by atoms with Gasteiger partial charge in [0.25, 0.3) is 0 Å². The van der Waals surface area contributed by atoms with Crippen LogP contribution in [0.2, 0.25) is 0 Å². The number of hydrogen-bond acceptors (Lipinski definition) is 4. The first kappa shape index (κ1) is 16.9. The fraction of sp³-hybridized carbons (Fsp3) is 0.600. The largest absolute Gasteiger partial charge is 0.380 e. The first-order valence-electron chi connectivity index (χ1n) is 7.11. The first-order valence-corrected chi connectivity index (χ1v) is 7.11. The van der Waals surface area contributed by atoms with Crippen LogP contribution in [0.3, 0.4) is 0 Å². The molecule has 2 N–H and O–H groups in total. The number of benzene rings is 1. The molecule has 1 aromatic carbocycles. The van der Waals surface area contributed by atoms with E-state index in [1.54, 1.807) is 0 Å². The van der Waals surface area contributed by atoms with Crippen LogP contribution in [0.1, 0.15) is 19.4 Å². The average molecular weight is 284 g/mol. The van der Waals surface area contributed by atoms with Crippen LogP contribution in [0.15, 0.2) is 18.2 Å². The van der Waals surface area contributed by atoms with Gasteiger partial charge in [-0.2, -0.15) is 0 Å². The molecule has 0 amide bonds. The van der Waals surface area contributed by atoms with Gasteiger partial charge in [0.1, 0.15) is 5.82 Å². The van der Waals surface area contributed by atoms with Crippen LogP contribution < -0.4 is 10.6 Å². The van der Waals surface area contributed by atoms with Crippen molar-refractivity contribution in [1.29, 1.82) is 0 Å². The zero-order valence-electron chi connectivity index (χ0n) is 12.4. The van der Waals surface area contributed by atoms with Gasteiger partial charge in [-0.05, 0) is 37.6 Å². The van der Waals surface area contributed by atoms with Gasteiger partial charge in [0.2, 0.25) is 0 Å². The second-order valence-corrected chi connectivity index (χ2v) is 4.40. The summed E-state index contributed by atoms with van der Waals surface area (Å²) in [6.45, 7) is 8.22.